The highest BCUT2D eigenvalue weighted by molar-refractivity contribution is 5.76. The maximum Gasteiger partial charge on any atom is 0.0898 e. The molecule has 76 valence electrons. The van der Waals surface area contributed by atoms with Crippen molar-refractivity contribution >= 4 is 6.21 Å². The smallest absolute Gasteiger partial charge is 0.0898 e. The van der Waals surface area contributed by atoms with Crippen LogP contribution in [-0.4, -0.2) is 16.0 Å². The molecule has 3 nitrogen and oxygen atoms in total. The van der Waals surface area contributed by atoms with Gasteiger partial charge in [0.15, 0.2) is 0 Å². The lowest BCUT2D eigenvalue weighted by Gasteiger charge is -2.24. The predicted molar refractivity (Wildman–Crippen MR) is 55.9 cm³/mol. The quantitative estimate of drug-likeness (QED) is 0.436. The van der Waals surface area contributed by atoms with E-state index < -0.39 is 0 Å². The number of aromatic nitrogens is 1. The molecule has 0 amide bonds. The minimum atomic E-state index is 0.603. The lowest BCUT2D eigenvalue weighted by molar-refractivity contribution is 0.320. The summed E-state index contributed by atoms with van der Waals surface area (Å²) >= 11 is 0. The fourth-order valence-corrected chi connectivity index (χ4v) is 2.27. The van der Waals surface area contributed by atoms with Crippen LogP contribution in [0.4, 0.5) is 0 Å². The first kappa shape index (κ1) is 9.31. The fraction of sp³-hybridized carbons (Fsp3) is 0.545. The van der Waals surface area contributed by atoms with E-state index in [4.69, 9.17) is 5.21 Å². The predicted octanol–water partition coefficient (Wildman–Crippen LogP) is 2.80. The van der Waals surface area contributed by atoms with Crippen molar-refractivity contribution in [3.8, 4) is 0 Å². The van der Waals surface area contributed by atoms with Crippen molar-refractivity contribution in [1.29, 1.82) is 0 Å². The largest absolute Gasteiger partial charge is 0.411 e. The monoisotopic (exact) mass is 192 g/mol. The molecule has 2 rings (SSSR count). The number of hydrogen-bond donors (Lipinski definition) is 1. The van der Waals surface area contributed by atoms with Crippen molar-refractivity contribution in [3.63, 3.8) is 0 Å². The van der Waals surface area contributed by atoms with Gasteiger partial charge >= 0.3 is 0 Å². The van der Waals surface area contributed by atoms with Gasteiger partial charge in [-0.3, -0.25) is 0 Å². The normalized spacial score (nSPS) is 19.1. The first-order valence-corrected chi connectivity index (χ1v) is 5.26. The molecule has 0 bridgehead atoms. The second-order valence-corrected chi connectivity index (χ2v) is 3.88. The zero-order valence-corrected chi connectivity index (χ0v) is 8.26. The van der Waals surface area contributed by atoms with Crippen LogP contribution in [-0.2, 0) is 0 Å². The van der Waals surface area contributed by atoms with E-state index in [2.05, 4.69) is 15.9 Å². The third kappa shape index (κ3) is 1.81. The van der Waals surface area contributed by atoms with E-state index in [9.17, 15) is 0 Å². The molecule has 0 saturated heterocycles. The molecule has 1 aliphatic carbocycles. The zero-order valence-electron chi connectivity index (χ0n) is 8.26. The van der Waals surface area contributed by atoms with Gasteiger partial charge < -0.3 is 9.77 Å². The SMILES string of the molecule is O/N=C\c1cccn1C1CCCCC1. The highest BCUT2D eigenvalue weighted by atomic mass is 16.4. The van der Waals surface area contributed by atoms with E-state index in [0.717, 1.165) is 5.69 Å². The van der Waals surface area contributed by atoms with Crippen LogP contribution in [0.5, 0.6) is 0 Å². The Morgan fingerprint density at radius 1 is 1.36 bits per heavy atom. The summed E-state index contributed by atoms with van der Waals surface area (Å²) in [4.78, 5) is 0. The Morgan fingerprint density at radius 2 is 2.14 bits per heavy atom. The summed E-state index contributed by atoms with van der Waals surface area (Å²) in [7, 11) is 0. The van der Waals surface area contributed by atoms with Gasteiger partial charge in [0.2, 0.25) is 0 Å². The lowest BCUT2D eigenvalue weighted by Crippen LogP contribution is -2.14. The van der Waals surface area contributed by atoms with Gasteiger partial charge in [0.25, 0.3) is 0 Å². The van der Waals surface area contributed by atoms with Gasteiger partial charge in [0, 0.05) is 12.2 Å². The maximum absolute atomic E-state index is 8.52. The molecule has 1 fully saturated rings. The summed E-state index contributed by atoms with van der Waals surface area (Å²) in [5.74, 6) is 0. The van der Waals surface area contributed by atoms with Crippen molar-refractivity contribution in [2.24, 2.45) is 5.16 Å². The van der Waals surface area contributed by atoms with Crippen molar-refractivity contribution in [2.45, 2.75) is 38.1 Å². The molecular formula is C11H16N2O. The molecule has 1 N–H and O–H groups in total. The molecule has 0 atom stereocenters. The summed E-state index contributed by atoms with van der Waals surface area (Å²) in [5.41, 5.74) is 0.999. The number of nitrogens with zero attached hydrogens (tertiary/aromatic N) is 2. The third-order valence-corrected chi connectivity index (χ3v) is 2.97. The minimum Gasteiger partial charge on any atom is -0.411 e. The van der Waals surface area contributed by atoms with E-state index in [1.54, 1.807) is 0 Å². The van der Waals surface area contributed by atoms with Crippen LogP contribution in [0.1, 0.15) is 43.8 Å². The first-order valence-electron chi connectivity index (χ1n) is 5.26. The minimum absolute atomic E-state index is 0.603. The second-order valence-electron chi connectivity index (χ2n) is 3.88. The Bertz CT molecular complexity index is 311. The fourth-order valence-electron chi connectivity index (χ4n) is 2.27. The zero-order chi connectivity index (χ0) is 9.80. The molecule has 1 aliphatic rings. The molecule has 1 aromatic heterocycles. The van der Waals surface area contributed by atoms with Crippen LogP contribution in [0.3, 0.4) is 0 Å². The number of oxime groups is 1. The average molecular weight is 192 g/mol. The molecule has 14 heavy (non-hydrogen) atoms. The van der Waals surface area contributed by atoms with Crippen molar-refractivity contribution in [2.75, 3.05) is 0 Å². The van der Waals surface area contributed by atoms with Gasteiger partial charge in [0.1, 0.15) is 0 Å². The summed E-state index contributed by atoms with van der Waals surface area (Å²) in [6, 6.07) is 4.59. The van der Waals surface area contributed by atoms with E-state index in [0.29, 0.717) is 6.04 Å². The van der Waals surface area contributed by atoms with Crippen molar-refractivity contribution in [1.82, 2.24) is 4.57 Å². The number of rotatable bonds is 2. The molecule has 0 aromatic carbocycles. The van der Waals surface area contributed by atoms with Crippen molar-refractivity contribution in [3.05, 3.63) is 24.0 Å². The van der Waals surface area contributed by atoms with Gasteiger partial charge in [0.05, 0.1) is 11.9 Å². The Kier molecular flexibility index (Phi) is 2.87. The van der Waals surface area contributed by atoms with Gasteiger partial charge in [-0.25, -0.2) is 0 Å². The third-order valence-electron chi connectivity index (χ3n) is 2.97. The summed E-state index contributed by atoms with van der Waals surface area (Å²) in [6.45, 7) is 0. The van der Waals surface area contributed by atoms with E-state index in [1.807, 2.05) is 12.1 Å². The molecule has 0 aliphatic heterocycles. The van der Waals surface area contributed by atoms with Crippen LogP contribution in [0.15, 0.2) is 23.5 Å². The van der Waals surface area contributed by atoms with E-state index in [-0.39, 0.29) is 0 Å². The van der Waals surface area contributed by atoms with Crippen molar-refractivity contribution < 1.29 is 5.21 Å². The molecule has 0 unspecified atom stereocenters. The highest BCUT2D eigenvalue weighted by Crippen LogP contribution is 2.28. The lowest BCUT2D eigenvalue weighted by atomic mass is 9.95. The standard InChI is InChI=1S/C11H16N2O/c14-12-9-11-7-4-8-13(11)10-5-2-1-3-6-10/h4,7-10,14H,1-3,5-6H2/b12-9-. The average Bonchev–Trinajstić information content (AvgIpc) is 2.68. The molecule has 3 heteroatoms. The van der Waals surface area contributed by atoms with Gasteiger partial charge in [-0.2, -0.15) is 0 Å². The Balaban J connectivity index is 2.17. The Hall–Kier alpha value is -1.25. The van der Waals surface area contributed by atoms with Crippen LogP contribution in [0.25, 0.3) is 0 Å². The summed E-state index contributed by atoms with van der Waals surface area (Å²) in [5, 5.41) is 11.6. The Morgan fingerprint density at radius 3 is 2.86 bits per heavy atom. The highest BCUT2D eigenvalue weighted by Gasteiger charge is 2.15. The van der Waals surface area contributed by atoms with Crippen LogP contribution in [0.2, 0.25) is 0 Å². The molecule has 1 saturated carbocycles. The first-order chi connectivity index (χ1) is 6.92. The van der Waals surface area contributed by atoms with E-state index >= 15 is 0 Å². The maximum atomic E-state index is 8.52. The van der Waals surface area contributed by atoms with Crippen LogP contribution in [0, 0.1) is 0 Å². The van der Waals surface area contributed by atoms with Gasteiger partial charge in [-0.05, 0) is 25.0 Å². The molecule has 0 radical (unpaired) electrons. The topological polar surface area (TPSA) is 37.5 Å². The van der Waals surface area contributed by atoms with Gasteiger partial charge in [-0.15, -0.1) is 0 Å². The summed E-state index contributed by atoms with van der Waals surface area (Å²) in [6.07, 6.45) is 10.1. The molecule has 1 aromatic rings. The summed E-state index contributed by atoms with van der Waals surface area (Å²) < 4.78 is 2.22. The van der Waals surface area contributed by atoms with Crippen LogP contribution < -0.4 is 0 Å². The van der Waals surface area contributed by atoms with Crippen LogP contribution >= 0.6 is 0 Å². The molecule has 1 heterocycles. The number of hydrogen-bond acceptors (Lipinski definition) is 2. The Labute approximate surface area is 84.0 Å². The molecular weight excluding hydrogens is 176 g/mol. The second kappa shape index (κ2) is 4.31. The van der Waals surface area contributed by atoms with Gasteiger partial charge in [-0.1, -0.05) is 24.4 Å². The molecule has 0 spiro atoms. The van der Waals surface area contributed by atoms with E-state index in [1.165, 1.54) is 38.3 Å².